The third-order valence-corrected chi connectivity index (χ3v) is 5.34. The van der Waals surface area contributed by atoms with Gasteiger partial charge in [0.2, 0.25) is 15.9 Å². The summed E-state index contributed by atoms with van der Waals surface area (Å²) >= 11 is 11.7. The fourth-order valence-electron chi connectivity index (χ4n) is 1.87. The molecule has 0 unspecified atom stereocenters. The highest BCUT2D eigenvalue weighted by Gasteiger charge is 2.24. The Morgan fingerprint density at radius 1 is 1.25 bits per heavy atom. The molecule has 1 heterocycles. The van der Waals surface area contributed by atoms with E-state index >= 15 is 0 Å². The van der Waals surface area contributed by atoms with Gasteiger partial charge >= 0.3 is 0 Å². The molecule has 24 heavy (non-hydrogen) atoms. The maximum absolute atomic E-state index is 12.3. The predicted octanol–water partition coefficient (Wildman–Crippen LogP) is 2.37. The first-order valence-electron chi connectivity index (χ1n) is 6.94. The molecule has 0 aliphatic heterocycles. The van der Waals surface area contributed by atoms with Crippen molar-refractivity contribution >= 4 is 39.1 Å². The molecule has 1 amide bonds. The summed E-state index contributed by atoms with van der Waals surface area (Å²) in [6.45, 7) is 1.63. The van der Waals surface area contributed by atoms with Crippen molar-refractivity contribution in [2.45, 2.75) is 24.4 Å². The van der Waals surface area contributed by atoms with E-state index in [2.05, 4.69) is 15.0 Å². The summed E-state index contributed by atoms with van der Waals surface area (Å²) in [6, 6.07) is 8.40. The van der Waals surface area contributed by atoms with E-state index < -0.39 is 22.0 Å². The number of carbonyl (C=O) groups excluding carboxylic acids is 1. The lowest BCUT2D eigenvalue weighted by Gasteiger charge is -2.15. The second kappa shape index (κ2) is 7.94. The number of hydrogen-bond acceptors (Lipinski definition) is 4. The second-order valence-electron chi connectivity index (χ2n) is 4.96. The molecular weight excluding hydrogens is 373 g/mol. The first kappa shape index (κ1) is 18.7. The first-order valence-corrected chi connectivity index (χ1v) is 9.18. The molecular formula is C15H15Cl2N3O3S. The fourth-order valence-corrected chi connectivity index (χ4v) is 3.83. The number of rotatable bonds is 6. The molecule has 0 aliphatic carbocycles. The van der Waals surface area contributed by atoms with E-state index in [1.807, 2.05) is 0 Å². The fraction of sp³-hybridized carbons (Fsp3) is 0.200. The standard InChI is InChI=1S/C15H15Cl2N3O3S/c1-10(15(21)19-9-12-4-2-3-7-18-12)20-24(22,23)14-8-11(16)5-6-13(14)17/h2-8,10,20H,9H2,1H3,(H,19,21)/t10-/m1/s1. The smallest absolute Gasteiger partial charge is 0.242 e. The van der Waals surface area contributed by atoms with Crippen molar-refractivity contribution in [3.8, 4) is 0 Å². The summed E-state index contributed by atoms with van der Waals surface area (Å²) in [6.07, 6.45) is 1.61. The summed E-state index contributed by atoms with van der Waals surface area (Å²) in [5.74, 6) is -0.484. The van der Waals surface area contributed by atoms with Crippen LogP contribution in [0.2, 0.25) is 10.0 Å². The van der Waals surface area contributed by atoms with Crippen LogP contribution in [0, 0.1) is 0 Å². The third kappa shape index (κ3) is 4.91. The molecule has 9 heteroatoms. The Morgan fingerprint density at radius 3 is 2.67 bits per heavy atom. The lowest BCUT2D eigenvalue weighted by atomic mass is 10.3. The van der Waals surface area contributed by atoms with E-state index in [1.165, 1.54) is 25.1 Å². The molecule has 2 rings (SSSR count). The Kier molecular flexibility index (Phi) is 6.17. The van der Waals surface area contributed by atoms with E-state index in [1.54, 1.807) is 24.4 Å². The number of aromatic nitrogens is 1. The topological polar surface area (TPSA) is 88.2 Å². The zero-order chi connectivity index (χ0) is 17.7. The van der Waals surface area contributed by atoms with Gasteiger partial charge in [0.1, 0.15) is 4.90 Å². The molecule has 0 saturated heterocycles. The average molecular weight is 388 g/mol. The summed E-state index contributed by atoms with van der Waals surface area (Å²) in [5, 5.41) is 2.86. The molecule has 128 valence electrons. The van der Waals surface area contributed by atoms with Crippen molar-refractivity contribution < 1.29 is 13.2 Å². The Balaban J connectivity index is 2.03. The maximum Gasteiger partial charge on any atom is 0.242 e. The minimum atomic E-state index is -3.98. The number of nitrogens with zero attached hydrogens (tertiary/aromatic N) is 1. The number of carbonyl (C=O) groups is 1. The average Bonchev–Trinajstić information content (AvgIpc) is 2.55. The van der Waals surface area contributed by atoms with Gasteiger partial charge in [0.25, 0.3) is 0 Å². The van der Waals surface area contributed by atoms with Gasteiger partial charge in [-0.2, -0.15) is 4.72 Å². The highest BCUT2D eigenvalue weighted by molar-refractivity contribution is 7.89. The summed E-state index contributed by atoms with van der Waals surface area (Å²) < 4.78 is 27.0. The van der Waals surface area contributed by atoms with Crippen LogP contribution in [0.25, 0.3) is 0 Å². The Morgan fingerprint density at radius 2 is 2.00 bits per heavy atom. The van der Waals surface area contributed by atoms with Crippen molar-refractivity contribution in [2.75, 3.05) is 0 Å². The number of halogens is 2. The lowest BCUT2D eigenvalue weighted by Crippen LogP contribution is -2.44. The van der Waals surface area contributed by atoms with Gasteiger partial charge < -0.3 is 5.32 Å². The van der Waals surface area contributed by atoms with E-state index in [9.17, 15) is 13.2 Å². The highest BCUT2D eigenvalue weighted by atomic mass is 35.5. The van der Waals surface area contributed by atoms with E-state index in [0.29, 0.717) is 5.69 Å². The van der Waals surface area contributed by atoms with Crippen LogP contribution in [-0.4, -0.2) is 25.4 Å². The van der Waals surface area contributed by atoms with Gasteiger partial charge in [-0.25, -0.2) is 8.42 Å². The molecule has 0 spiro atoms. The van der Waals surface area contributed by atoms with Crippen LogP contribution in [0.1, 0.15) is 12.6 Å². The Bertz CT molecular complexity index is 829. The van der Waals surface area contributed by atoms with Crippen LogP contribution >= 0.6 is 23.2 Å². The van der Waals surface area contributed by atoms with Crippen LogP contribution in [0.4, 0.5) is 0 Å². The summed E-state index contributed by atoms with van der Waals surface area (Å²) in [5.41, 5.74) is 0.666. The minimum Gasteiger partial charge on any atom is -0.349 e. The molecule has 0 saturated carbocycles. The molecule has 2 N–H and O–H groups in total. The molecule has 0 fully saturated rings. The molecule has 0 radical (unpaired) electrons. The van der Waals surface area contributed by atoms with Gasteiger partial charge in [0.15, 0.2) is 0 Å². The zero-order valence-electron chi connectivity index (χ0n) is 12.7. The third-order valence-electron chi connectivity index (χ3n) is 3.08. The number of sulfonamides is 1. The second-order valence-corrected chi connectivity index (χ2v) is 7.48. The van der Waals surface area contributed by atoms with Crippen molar-refractivity contribution in [3.63, 3.8) is 0 Å². The van der Waals surface area contributed by atoms with Crippen LogP contribution in [0.15, 0.2) is 47.5 Å². The molecule has 1 aromatic heterocycles. The van der Waals surface area contributed by atoms with Crippen molar-refractivity contribution in [1.29, 1.82) is 0 Å². The molecule has 1 aromatic carbocycles. The van der Waals surface area contributed by atoms with Crippen molar-refractivity contribution in [3.05, 3.63) is 58.3 Å². The number of pyridine rings is 1. The van der Waals surface area contributed by atoms with E-state index in [-0.39, 0.29) is 21.5 Å². The van der Waals surface area contributed by atoms with Crippen molar-refractivity contribution in [1.82, 2.24) is 15.0 Å². The minimum absolute atomic E-state index is 0.0213. The van der Waals surface area contributed by atoms with Crippen LogP contribution in [0.5, 0.6) is 0 Å². The van der Waals surface area contributed by atoms with Gasteiger partial charge in [-0.1, -0.05) is 29.3 Å². The van der Waals surface area contributed by atoms with Gasteiger partial charge in [-0.3, -0.25) is 9.78 Å². The highest BCUT2D eigenvalue weighted by Crippen LogP contribution is 2.24. The normalized spacial score (nSPS) is 12.6. The molecule has 2 aromatic rings. The van der Waals surface area contributed by atoms with Crippen LogP contribution in [-0.2, 0) is 21.4 Å². The molecule has 0 bridgehead atoms. The SMILES string of the molecule is C[C@@H](NS(=O)(=O)c1cc(Cl)ccc1Cl)C(=O)NCc1ccccn1. The predicted molar refractivity (Wildman–Crippen MR) is 92.3 cm³/mol. The number of amides is 1. The quantitative estimate of drug-likeness (QED) is 0.795. The number of hydrogen-bond donors (Lipinski definition) is 2. The van der Waals surface area contributed by atoms with Crippen molar-refractivity contribution in [2.24, 2.45) is 0 Å². The Labute approximate surface area is 150 Å². The van der Waals surface area contributed by atoms with Gasteiger partial charge in [-0.15, -0.1) is 0 Å². The van der Waals surface area contributed by atoms with Crippen LogP contribution in [0.3, 0.4) is 0 Å². The monoisotopic (exact) mass is 387 g/mol. The summed E-state index contributed by atoms with van der Waals surface area (Å²) in [7, 11) is -3.98. The zero-order valence-corrected chi connectivity index (χ0v) is 15.0. The number of benzene rings is 1. The number of nitrogens with one attached hydrogen (secondary N) is 2. The van der Waals surface area contributed by atoms with E-state index in [0.717, 1.165) is 0 Å². The molecule has 1 atom stereocenters. The van der Waals surface area contributed by atoms with Crippen LogP contribution < -0.4 is 10.0 Å². The van der Waals surface area contributed by atoms with Gasteiger partial charge in [0, 0.05) is 11.2 Å². The molecule has 0 aliphatic rings. The first-order chi connectivity index (χ1) is 11.3. The summed E-state index contributed by atoms with van der Waals surface area (Å²) in [4.78, 5) is 15.9. The maximum atomic E-state index is 12.3. The Hall–Kier alpha value is -1.67. The van der Waals surface area contributed by atoms with Gasteiger partial charge in [-0.05, 0) is 37.3 Å². The largest absolute Gasteiger partial charge is 0.349 e. The molecule has 6 nitrogen and oxygen atoms in total. The van der Waals surface area contributed by atoms with Gasteiger partial charge in [0.05, 0.1) is 23.3 Å². The van der Waals surface area contributed by atoms with E-state index in [4.69, 9.17) is 23.2 Å². The lowest BCUT2D eigenvalue weighted by molar-refractivity contribution is -0.122.